The lowest BCUT2D eigenvalue weighted by Gasteiger charge is -2.35. The SMILES string of the molecule is O=C(CCOc1ccc(Cl)cc1)N1CCN(c2ccc(Cl)cn2)CC1. The van der Waals surface area contributed by atoms with E-state index in [1.165, 1.54) is 0 Å². The highest BCUT2D eigenvalue weighted by atomic mass is 35.5. The Morgan fingerprint density at radius 2 is 1.68 bits per heavy atom. The number of hydrogen-bond acceptors (Lipinski definition) is 4. The maximum atomic E-state index is 12.3. The van der Waals surface area contributed by atoms with E-state index in [0.717, 1.165) is 24.7 Å². The number of aromatic nitrogens is 1. The molecule has 1 fully saturated rings. The topological polar surface area (TPSA) is 45.7 Å². The number of carbonyl (C=O) groups is 1. The summed E-state index contributed by atoms with van der Waals surface area (Å²) in [5.74, 6) is 1.72. The number of halogens is 2. The second-order valence-electron chi connectivity index (χ2n) is 5.75. The second-order valence-corrected chi connectivity index (χ2v) is 6.63. The minimum atomic E-state index is 0.109. The van der Waals surface area contributed by atoms with Gasteiger partial charge in [-0.2, -0.15) is 0 Å². The monoisotopic (exact) mass is 379 g/mol. The third-order valence-electron chi connectivity index (χ3n) is 4.07. The lowest BCUT2D eigenvalue weighted by atomic mass is 10.2. The van der Waals surface area contributed by atoms with Crippen LogP contribution in [0.1, 0.15) is 6.42 Å². The fourth-order valence-corrected chi connectivity index (χ4v) is 2.92. The molecule has 0 atom stereocenters. The van der Waals surface area contributed by atoms with E-state index < -0.39 is 0 Å². The maximum Gasteiger partial charge on any atom is 0.226 e. The van der Waals surface area contributed by atoms with E-state index in [1.54, 1.807) is 30.5 Å². The number of pyridine rings is 1. The average molecular weight is 380 g/mol. The Kier molecular flexibility index (Phi) is 6.00. The van der Waals surface area contributed by atoms with Crippen molar-refractivity contribution in [2.75, 3.05) is 37.7 Å². The molecule has 0 spiro atoms. The van der Waals surface area contributed by atoms with Crippen molar-refractivity contribution in [2.24, 2.45) is 0 Å². The van der Waals surface area contributed by atoms with E-state index in [9.17, 15) is 4.79 Å². The number of rotatable bonds is 5. The van der Waals surface area contributed by atoms with Gasteiger partial charge in [0, 0.05) is 37.4 Å². The predicted octanol–water partition coefficient (Wildman–Crippen LogP) is 3.51. The van der Waals surface area contributed by atoms with Crippen molar-refractivity contribution in [3.8, 4) is 5.75 Å². The van der Waals surface area contributed by atoms with Crippen LogP contribution in [0, 0.1) is 0 Å². The number of amides is 1. The molecule has 1 aromatic carbocycles. The fraction of sp³-hybridized carbons (Fsp3) is 0.333. The molecule has 5 nitrogen and oxygen atoms in total. The van der Waals surface area contributed by atoms with Gasteiger partial charge in [0.1, 0.15) is 11.6 Å². The Bertz CT molecular complexity index is 699. The molecule has 1 aromatic heterocycles. The maximum absolute atomic E-state index is 12.3. The quantitative estimate of drug-likeness (QED) is 0.797. The van der Waals surface area contributed by atoms with E-state index in [2.05, 4.69) is 9.88 Å². The van der Waals surface area contributed by atoms with E-state index in [0.29, 0.717) is 36.2 Å². The van der Waals surface area contributed by atoms with Crippen LogP contribution in [0.25, 0.3) is 0 Å². The number of benzene rings is 1. The molecule has 0 aliphatic carbocycles. The van der Waals surface area contributed by atoms with Gasteiger partial charge >= 0.3 is 0 Å². The normalized spacial score (nSPS) is 14.5. The van der Waals surface area contributed by atoms with Crippen LogP contribution in [0.15, 0.2) is 42.6 Å². The molecule has 0 unspecified atom stereocenters. The molecule has 0 bridgehead atoms. The summed E-state index contributed by atoms with van der Waals surface area (Å²) in [6, 6.07) is 10.9. The van der Waals surface area contributed by atoms with Crippen molar-refractivity contribution in [3.05, 3.63) is 52.6 Å². The molecular formula is C18H19Cl2N3O2. The molecule has 132 valence electrons. The van der Waals surface area contributed by atoms with Crippen molar-refractivity contribution in [2.45, 2.75) is 6.42 Å². The Balaban J connectivity index is 1.42. The first-order valence-electron chi connectivity index (χ1n) is 8.14. The van der Waals surface area contributed by atoms with Gasteiger partial charge < -0.3 is 14.5 Å². The summed E-state index contributed by atoms with van der Waals surface area (Å²) >= 11 is 11.7. The number of piperazine rings is 1. The molecule has 2 aromatic rings. The molecule has 1 aliphatic heterocycles. The van der Waals surface area contributed by atoms with Gasteiger partial charge in [-0.05, 0) is 36.4 Å². The second kappa shape index (κ2) is 8.41. The summed E-state index contributed by atoms with van der Waals surface area (Å²) < 4.78 is 5.59. The summed E-state index contributed by atoms with van der Waals surface area (Å²) in [5.41, 5.74) is 0. The summed E-state index contributed by atoms with van der Waals surface area (Å²) in [6.07, 6.45) is 2.00. The first kappa shape index (κ1) is 17.8. The lowest BCUT2D eigenvalue weighted by molar-refractivity contribution is -0.132. The third-order valence-corrected chi connectivity index (χ3v) is 4.54. The predicted molar refractivity (Wildman–Crippen MR) is 99.6 cm³/mol. The molecule has 1 saturated heterocycles. The summed E-state index contributed by atoms with van der Waals surface area (Å²) in [6.45, 7) is 3.25. The van der Waals surface area contributed by atoms with Gasteiger partial charge in [-0.15, -0.1) is 0 Å². The zero-order valence-corrected chi connectivity index (χ0v) is 15.2. The Morgan fingerprint density at radius 1 is 1.00 bits per heavy atom. The van der Waals surface area contributed by atoms with Crippen LogP contribution in [0.3, 0.4) is 0 Å². The Hall–Kier alpha value is -1.98. The van der Waals surface area contributed by atoms with E-state index >= 15 is 0 Å². The molecule has 2 heterocycles. The van der Waals surface area contributed by atoms with Crippen LogP contribution in [0.4, 0.5) is 5.82 Å². The molecule has 0 saturated carbocycles. The van der Waals surface area contributed by atoms with Crippen molar-refractivity contribution >= 4 is 34.9 Å². The summed E-state index contributed by atoms with van der Waals surface area (Å²) in [7, 11) is 0. The highest BCUT2D eigenvalue weighted by Crippen LogP contribution is 2.17. The van der Waals surface area contributed by atoms with Crippen LogP contribution in [0.2, 0.25) is 10.0 Å². The Morgan fingerprint density at radius 3 is 2.32 bits per heavy atom. The van der Waals surface area contributed by atoms with Crippen LogP contribution in [-0.2, 0) is 4.79 Å². The number of nitrogens with zero attached hydrogens (tertiary/aromatic N) is 3. The van der Waals surface area contributed by atoms with Gasteiger partial charge in [-0.3, -0.25) is 4.79 Å². The minimum Gasteiger partial charge on any atom is -0.493 e. The van der Waals surface area contributed by atoms with Crippen molar-refractivity contribution < 1.29 is 9.53 Å². The zero-order valence-electron chi connectivity index (χ0n) is 13.7. The van der Waals surface area contributed by atoms with Gasteiger partial charge in [0.05, 0.1) is 18.1 Å². The van der Waals surface area contributed by atoms with Crippen LogP contribution in [-0.4, -0.2) is 48.6 Å². The summed E-state index contributed by atoms with van der Waals surface area (Å²) in [5, 5.41) is 1.29. The lowest BCUT2D eigenvalue weighted by Crippen LogP contribution is -2.49. The van der Waals surface area contributed by atoms with E-state index in [-0.39, 0.29) is 5.91 Å². The van der Waals surface area contributed by atoms with E-state index in [1.807, 2.05) is 17.0 Å². The molecule has 1 aliphatic rings. The number of hydrogen-bond donors (Lipinski definition) is 0. The van der Waals surface area contributed by atoms with Crippen LogP contribution in [0.5, 0.6) is 5.75 Å². The first-order valence-corrected chi connectivity index (χ1v) is 8.90. The largest absolute Gasteiger partial charge is 0.493 e. The number of carbonyl (C=O) groups excluding carboxylic acids is 1. The summed E-state index contributed by atoms with van der Waals surface area (Å²) in [4.78, 5) is 20.7. The minimum absolute atomic E-state index is 0.109. The van der Waals surface area contributed by atoms with Crippen molar-refractivity contribution in [1.29, 1.82) is 0 Å². The van der Waals surface area contributed by atoms with Crippen LogP contribution >= 0.6 is 23.2 Å². The fourth-order valence-electron chi connectivity index (χ4n) is 2.69. The first-order chi connectivity index (χ1) is 12.1. The van der Waals surface area contributed by atoms with Gasteiger partial charge in [-0.1, -0.05) is 23.2 Å². The molecular weight excluding hydrogens is 361 g/mol. The van der Waals surface area contributed by atoms with Gasteiger partial charge in [-0.25, -0.2) is 4.98 Å². The molecule has 1 amide bonds. The molecule has 7 heteroatoms. The molecule has 0 radical (unpaired) electrons. The molecule has 25 heavy (non-hydrogen) atoms. The highest BCUT2D eigenvalue weighted by Gasteiger charge is 2.21. The average Bonchev–Trinajstić information content (AvgIpc) is 2.64. The molecule has 3 rings (SSSR count). The van der Waals surface area contributed by atoms with E-state index in [4.69, 9.17) is 27.9 Å². The van der Waals surface area contributed by atoms with Crippen molar-refractivity contribution in [1.82, 2.24) is 9.88 Å². The van der Waals surface area contributed by atoms with Gasteiger partial charge in [0.25, 0.3) is 0 Å². The van der Waals surface area contributed by atoms with Gasteiger partial charge in [0.15, 0.2) is 0 Å². The zero-order chi connectivity index (χ0) is 17.6. The third kappa shape index (κ3) is 5.00. The van der Waals surface area contributed by atoms with Gasteiger partial charge in [0.2, 0.25) is 5.91 Å². The molecule has 0 N–H and O–H groups in total. The number of ether oxygens (including phenoxy) is 1. The number of anilines is 1. The Labute approximate surface area is 157 Å². The standard InChI is InChI=1S/C18H19Cl2N3O2/c19-14-1-4-16(5-2-14)25-12-7-18(24)23-10-8-22(9-11-23)17-6-3-15(20)13-21-17/h1-6,13H,7-12H2. The van der Waals surface area contributed by atoms with Crippen LogP contribution < -0.4 is 9.64 Å². The smallest absolute Gasteiger partial charge is 0.226 e. The van der Waals surface area contributed by atoms with Crippen molar-refractivity contribution in [3.63, 3.8) is 0 Å². The highest BCUT2D eigenvalue weighted by molar-refractivity contribution is 6.30.